The van der Waals surface area contributed by atoms with Gasteiger partial charge in [0.2, 0.25) is 5.52 Å². The number of nitrogens with one attached hydrogen (secondary N) is 1. The molecule has 0 fully saturated rings. The fourth-order valence-electron chi connectivity index (χ4n) is 1.16. The number of H-pyrrole nitrogens is 1. The standard InChI is InChI=1S/C8H4ClFN2O2/c9-7-8(13)11-5-3-4(10)1-2-6(5)12(7)14/h1-3H,(H,11,13). The maximum atomic E-state index is 12.7. The molecule has 1 aromatic carbocycles. The summed E-state index contributed by atoms with van der Waals surface area (Å²) in [5, 5.41) is 10.8. The zero-order valence-electron chi connectivity index (χ0n) is 6.75. The largest absolute Gasteiger partial charge is 0.617 e. The fraction of sp³-hybridized carbons (Fsp3) is 0. The van der Waals surface area contributed by atoms with Crippen molar-refractivity contribution in [2.75, 3.05) is 0 Å². The first-order valence-electron chi connectivity index (χ1n) is 3.70. The number of fused-ring (bicyclic) bond motifs is 1. The van der Waals surface area contributed by atoms with Crippen molar-refractivity contribution < 1.29 is 9.12 Å². The molecule has 0 aliphatic rings. The van der Waals surface area contributed by atoms with Crippen molar-refractivity contribution >= 4 is 22.6 Å². The molecule has 0 unspecified atom stereocenters. The maximum absolute atomic E-state index is 12.7. The van der Waals surface area contributed by atoms with E-state index in [2.05, 4.69) is 4.98 Å². The van der Waals surface area contributed by atoms with E-state index in [1.807, 2.05) is 0 Å². The summed E-state index contributed by atoms with van der Waals surface area (Å²) in [6.45, 7) is 0. The Morgan fingerprint density at radius 1 is 1.50 bits per heavy atom. The van der Waals surface area contributed by atoms with E-state index in [1.165, 1.54) is 6.07 Å². The molecule has 6 heteroatoms. The molecular weight excluding hydrogens is 211 g/mol. The second-order valence-electron chi connectivity index (χ2n) is 2.70. The molecule has 0 spiro atoms. The molecule has 1 aromatic heterocycles. The van der Waals surface area contributed by atoms with Crippen LogP contribution in [0.2, 0.25) is 5.15 Å². The Bertz CT molecular complexity index is 567. The summed E-state index contributed by atoms with van der Waals surface area (Å²) in [5.74, 6) is -0.532. The Balaban J connectivity index is 2.98. The second-order valence-corrected chi connectivity index (χ2v) is 3.06. The predicted molar refractivity (Wildman–Crippen MR) is 48.5 cm³/mol. The molecule has 0 amide bonds. The van der Waals surface area contributed by atoms with E-state index in [4.69, 9.17) is 11.6 Å². The average Bonchev–Trinajstić information content (AvgIpc) is 2.14. The summed E-state index contributed by atoms with van der Waals surface area (Å²) >= 11 is 5.41. The van der Waals surface area contributed by atoms with Crippen LogP contribution >= 0.6 is 11.6 Å². The summed E-state index contributed by atoms with van der Waals surface area (Å²) in [5.41, 5.74) is -0.495. The number of aromatic amines is 1. The molecule has 72 valence electrons. The van der Waals surface area contributed by atoms with Gasteiger partial charge in [-0.05, 0) is 17.7 Å². The van der Waals surface area contributed by atoms with Gasteiger partial charge >= 0.3 is 10.7 Å². The number of hydrogen-bond acceptors (Lipinski definition) is 2. The van der Waals surface area contributed by atoms with Gasteiger partial charge in [-0.15, -0.1) is 4.73 Å². The first-order chi connectivity index (χ1) is 6.59. The van der Waals surface area contributed by atoms with Gasteiger partial charge in [-0.1, -0.05) is 0 Å². The molecule has 0 radical (unpaired) electrons. The molecule has 0 aliphatic carbocycles. The maximum Gasteiger partial charge on any atom is 0.352 e. The quantitative estimate of drug-likeness (QED) is 0.524. The van der Waals surface area contributed by atoms with Crippen molar-refractivity contribution in [2.45, 2.75) is 0 Å². The van der Waals surface area contributed by atoms with Crippen LogP contribution in [0.5, 0.6) is 0 Å². The molecular formula is C8H4ClFN2O2. The lowest BCUT2D eigenvalue weighted by molar-refractivity contribution is -0.575. The van der Waals surface area contributed by atoms with Crippen LogP contribution < -0.4 is 10.3 Å². The number of aromatic nitrogens is 2. The Morgan fingerprint density at radius 2 is 2.21 bits per heavy atom. The van der Waals surface area contributed by atoms with Crippen LogP contribution in [0.15, 0.2) is 23.0 Å². The minimum Gasteiger partial charge on any atom is -0.617 e. The van der Waals surface area contributed by atoms with Crippen LogP contribution in [-0.2, 0) is 0 Å². The fourth-order valence-corrected chi connectivity index (χ4v) is 1.30. The van der Waals surface area contributed by atoms with E-state index in [1.54, 1.807) is 0 Å². The highest BCUT2D eigenvalue weighted by molar-refractivity contribution is 6.28. The van der Waals surface area contributed by atoms with Crippen molar-refractivity contribution in [1.82, 2.24) is 4.98 Å². The molecule has 1 heterocycles. The van der Waals surface area contributed by atoms with E-state index in [0.29, 0.717) is 0 Å². The third-order valence-corrected chi connectivity index (χ3v) is 2.12. The monoisotopic (exact) mass is 214 g/mol. The lowest BCUT2D eigenvalue weighted by Gasteiger charge is -2.01. The molecule has 2 aromatic rings. The molecule has 1 N–H and O–H groups in total. The lowest BCUT2D eigenvalue weighted by Crippen LogP contribution is -2.35. The van der Waals surface area contributed by atoms with E-state index in [0.717, 1.165) is 12.1 Å². The second kappa shape index (κ2) is 2.95. The third kappa shape index (κ3) is 1.22. The van der Waals surface area contributed by atoms with E-state index in [9.17, 15) is 14.4 Å². The van der Waals surface area contributed by atoms with Crippen molar-refractivity contribution in [3.8, 4) is 0 Å². The zero-order valence-corrected chi connectivity index (χ0v) is 7.51. The highest BCUT2D eigenvalue weighted by Crippen LogP contribution is 2.08. The summed E-state index contributed by atoms with van der Waals surface area (Å²) < 4.78 is 13.0. The van der Waals surface area contributed by atoms with Gasteiger partial charge in [0.05, 0.1) is 0 Å². The third-order valence-electron chi connectivity index (χ3n) is 1.79. The minimum absolute atomic E-state index is 0.120. The number of benzene rings is 1. The molecule has 0 saturated heterocycles. The van der Waals surface area contributed by atoms with Gasteiger partial charge < -0.3 is 10.2 Å². The first kappa shape index (κ1) is 8.96. The van der Waals surface area contributed by atoms with Gasteiger partial charge in [-0.2, -0.15) is 0 Å². The highest BCUT2D eigenvalue weighted by atomic mass is 35.5. The van der Waals surface area contributed by atoms with Crippen LogP contribution in [0.25, 0.3) is 11.0 Å². The van der Waals surface area contributed by atoms with Crippen molar-refractivity contribution in [3.05, 3.63) is 44.7 Å². The van der Waals surface area contributed by atoms with E-state index in [-0.39, 0.29) is 15.8 Å². The van der Waals surface area contributed by atoms with Gasteiger partial charge in [-0.25, -0.2) is 4.39 Å². The molecule has 0 saturated carbocycles. The molecule has 4 nitrogen and oxygen atoms in total. The van der Waals surface area contributed by atoms with Crippen LogP contribution in [0.4, 0.5) is 4.39 Å². The van der Waals surface area contributed by atoms with Gasteiger partial charge in [0, 0.05) is 12.1 Å². The number of rotatable bonds is 0. The molecule has 0 aliphatic heterocycles. The minimum atomic E-state index is -0.736. The van der Waals surface area contributed by atoms with Gasteiger partial charge in [0.1, 0.15) is 11.3 Å². The summed E-state index contributed by atoms with van der Waals surface area (Å²) in [6, 6.07) is 3.42. The Morgan fingerprint density at radius 3 is 2.93 bits per heavy atom. The average molecular weight is 215 g/mol. The van der Waals surface area contributed by atoms with Gasteiger partial charge in [0.15, 0.2) is 0 Å². The molecule has 2 rings (SSSR count). The molecule has 0 bridgehead atoms. The van der Waals surface area contributed by atoms with Crippen LogP contribution in [0.1, 0.15) is 0 Å². The number of halogens is 2. The smallest absolute Gasteiger partial charge is 0.352 e. The Kier molecular flexibility index (Phi) is 1.89. The highest BCUT2D eigenvalue weighted by Gasteiger charge is 2.13. The number of nitrogens with zero attached hydrogens (tertiary/aromatic N) is 1. The topological polar surface area (TPSA) is 59.8 Å². The van der Waals surface area contributed by atoms with E-state index >= 15 is 0 Å². The lowest BCUT2D eigenvalue weighted by atomic mass is 10.3. The Hall–Kier alpha value is -1.62. The van der Waals surface area contributed by atoms with Gasteiger partial charge in [0.25, 0.3) is 0 Å². The molecule has 14 heavy (non-hydrogen) atoms. The van der Waals surface area contributed by atoms with Crippen LogP contribution in [0, 0.1) is 11.0 Å². The van der Waals surface area contributed by atoms with Crippen LogP contribution in [0.3, 0.4) is 0 Å². The van der Waals surface area contributed by atoms with Crippen molar-refractivity contribution in [3.63, 3.8) is 0 Å². The van der Waals surface area contributed by atoms with Crippen molar-refractivity contribution in [1.29, 1.82) is 0 Å². The molecule has 0 atom stereocenters. The SMILES string of the molecule is O=c1[nH]c2cc(F)ccc2[n+]([O-])c1Cl. The van der Waals surface area contributed by atoms with Crippen LogP contribution in [-0.4, -0.2) is 4.98 Å². The van der Waals surface area contributed by atoms with Gasteiger partial charge in [-0.3, -0.25) is 4.79 Å². The normalized spacial score (nSPS) is 10.7. The predicted octanol–water partition coefficient (Wildman–Crippen LogP) is 0.954. The summed E-state index contributed by atoms with van der Waals surface area (Å²) in [4.78, 5) is 13.3. The summed E-state index contributed by atoms with van der Waals surface area (Å²) in [6.07, 6.45) is 0. The Labute approximate surface area is 82.1 Å². The first-order valence-corrected chi connectivity index (χ1v) is 4.08. The summed E-state index contributed by atoms with van der Waals surface area (Å²) in [7, 11) is 0. The van der Waals surface area contributed by atoms with E-state index < -0.39 is 16.5 Å². The number of hydrogen-bond donors (Lipinski definition) is 1. The van der Waals surface area contributed by atoms with Crippen molar-refractivity contribution in [2.24, 2.45) is 0 Å². The zero-order chi connectivity index (χ0) is 10.3.